The van der Waals surface area contributed by atoms with Gasteiger partial charge in [0.15, 0.2) is 9.84 Å². The third-order valence-electron chi connectivity index (χ3n) is 4.14. The first-order valence-electron chi connectivity index (χ1n) is 7.93. The zero-order valence-electron chi connectivity index (χ0n) is 13.9. The summed E-state index contributed by atoms with van der Waals surface area (Å²) < 4.78 is 29.6. The maximum Gasteiger partial charge on any atom is 0.288 e. The van der Waals surface area contributed by atoms with Crippen molar-refractivity contribution in [1.29, 1.82) is 0 Å². The van der Waals surface area contributed by atoms with Crippen molar-refractivity contribution in [2.75, 3.05) is 18.2 Å². The molecule has 0 spiro atoms. The predicted octanol–water partition coefficient (Wildman–Crippen LogP) is 3.98. The standard InChI is InChI=1S/C17H17ClN2O5S/c1-26(23,24)17-10-12(5-7-15(17)20(21)22)19-14-3-2-8-25-16-9-11(18)4-6-13(14)16/h4-7,9-10,14,19H,2-3,8H2,1H3. The van der Waals surface area contributed by atoms with Crippen LogP contribution in [0.3, 0.4) is 0 Å². The molecule has 1 aliphatic rings. The normalized spacial score (nSPS) is 16.9. The number of ether oxygens (including phenoxy) is 1. The van der Waals surface area contributed by atoms with Crippen LogP contribution in [0.5, 0.6) is 5.75 Å². The van der Waals surface area contributed by atoms with E-state index < -0.39 is 20.4 Å². The third-order valence-corrected chi connectivity index (χ3v) is 5.50. The Morgan fingerprint density at radius 3 is 2.73 bits per heavy atom. The zero-order valence-corrected chi connectivity index (χ0v) is 15.5. The average Bonchev–Trinajstić information content (AvgIpc) is 2.75. The molecule has 2 aromatic carbocycles. The van der Waals surface area contributed by atoms with E-state index in [9.17, 15) is 18.5 Å². The number of nitrogens with one attached hydrogen (secondary N) is 1. The SMILES string of the molecule is CS(=O)(=O)c1cc(NC2CCCOc3cc(Cl)ccc32)ccc1[N+](=O)[O-]. The molecule has 0 saturated carbocycles. The van der Waals surface area contributed by atoms with Crippen LogP contribution in [0.15, 0.2) is 41.3 Å². The van der Waals surface area contributed by atoms with Crippen molar-refractivity contribution in [2.45, 2.75) is 23.8 Å². The van der Waals surface area contributed by atoms with Gasteiger partial charge in [-0.2, -0.15) is 0 Å². The minimum Gasteiger partial charge on any atom is -0.493 e. The van der Waals surface area contributed by atoms with Gasteiger partial charge in [-0.3, -0.25) is 10.1 Å². The summed E-state index contributed by atoms with van der Waals surface area (Å²) in [6, 6.07) is 9.26. The molecule has 0 aliphatic carbocycles. The Hall–Kier alpha value is -2.32. The van der Waals surface area contributed by atoms with Crippen molar-refractivity contribution in [3.63, 3.8) is 0 Å². The highest BCUT2D eigenvalue weighted by molar-refractivity contribution is 7.90. The highest BCUT2D eigenvalue weighted by Crippen LogP contribution is 2.36. The summed E-state index contributed by atoms with van der Waals surface area (Å²) in [6.45, 7) is 0.556. The zero-order chi connectivity index (χ0) is 18.9. The predicted molar refractivity (Wildman–Crippen MR) is 98.8 cm³/mol. The summed E-state index contributed by atoms with van der Waals surface area (Å²) in [5.74, 6) is 0.678. The molecule has 1 unspecified atom stereocenters. The van der Waals surface area contributed by atoms with Crippen molar-refractivity contribution < 1.29 is 18.1 Å². The van der Waals surface area contributed by atoms with Gasteiger partial charge in [-0.1, -0.05) is 17.7 Å². The molecule has 0 fully saturated rings. The van der Waals surface area contributed by atoms with E-state index in [2.05, 4.69) is 5.32 Å². The van der Waals surface area contributed by atoms with Crippen molar-refractivity contribution in [1.82, 2.24) is 0 Å². The summed E-state index contributed by atoms with van der Waals surface area (Å²) in [7, 11) is -3.74. The van der Waals surface area contributed by atoms with E-state index in [0.717, 1.165) is 24.7 Å². The van der Waals surface area contributed by atoms with E-state index in [0.29, 0.717) is 23.1 Å². The summed E-state index contributed by atoms with van der Waals surface area (Å²) >= 11 is 6.02. The van der Waals surface area contributed by atoms with Gasteiger partial charge in [0, 0.05) is 28.6 Å². The van der Waals surface area contributed by atoms with Gasteiger partial charge in [-0.15, -0.1) is 0 Å². The number of nitro benzene ring substituents is 1. The van der Waals surface area contributed by atoms with Gasteiger partial charge in [0.25, 0.3) is 5.69 Å². The van der Waals surface area contributed by atoms with Gasteiger partial charge < -0.3 is 10.1 Å². The first-order valence-corrected chi connectivity index (χ1v) is 10.2. The lowest BCUT2D eigenvalue weighted by Crippen LogP contribution is -2.11. The molecular formula is C17H17ClN2O5S. The summed E-state index contributed by atoms with van der Waals surface area (Å²) in [6.07, 6.45) is 2.52. The molecule has 3 rings (SSSR count). The fourth-order valence-electron chi connectivity index (χ4n) is 2.95. The van der Waals surface area contributed by atoms with Gasteiger partial charge in [0.2, 0.25) is 0 Å². The topological polar surface area (TPSA) is 98.5 Å². The molecule has 7 nitrogen and oxygen atoms in total. The van der Waals surface area contributed by atoms with Crippen LogP contribution in [0, 0.1) is 10.1 Å². The monoisotopic (exact) mass is 396 g/mol. The molecule has 0 bridgehead atoms. The molecule has 1 N–H and O–H groups in total. The molecule has 0 amide bonds. The number of nitro groups is 1. The summed E-state index contributed by atoms with van der Waals surface area (Å²) in [5.41, 5.74) is 0.962. The van der Waals surface area contributed by atoms with Crippen molar-refractivity contribution in [3.05, 3.63) is 57.1 Å². The lowest BCUT2D eigenvalue weighted by atomic mass is 10.0. The summed E-state index contributed by atoms with van der Waals surface area (Å²) in [4.78, 5) is 10.1. The quantitative estimate of drug-likeness (QED) is 0.620. The van der Waals surface area contributed by atoms with Gasteiger partial charge in [0.05, 0.1) is 17.6 Å². The number of halogens is 1. The number of rotatable bonds is 4. The number of benzene rings is 2. The van der Waals surface area contributed by atoms with Gasteiger partial charge >= 0.3 is 0 Å². The number of hydrogen-bond donors (Lipinski definition) is 1. The molecule has 0 saturated heterocycles. The lowest BCUT2D eigenvalue weighted by Gasteiger charge is -2.20. The number of nitrogens with zero attached hydrogens (tertiary/aromatic N) is 1. The van der Waals surface area contributed by atoms with Crippen LogP contribution in [0.4, 0.5) is 11.4 Å². The molecular weight excluding hydrogens is 380 g/mol. The van der Waals surface area contributed by atoms with E-state index in [1.54, 1.807) is 12.1 Å². The van der Waals surface area contributed by atoms with E-state index in [-0.39, 0.29) is 10.9 Å². The Labute approximate surface area is 156 Å². The molecule has 2 aromatic rings. The van der Waals surface area contributed by atoms with Crippen molar-refractivity contribution in [2.24, 2.45) is 0 Å². The summed E-state index contributed by atoms with van der Waals surface area (Å²) in [5, 5.41) is 14.9. The minimum atomic E-state index is -3.74. The van der Waals surface area contributed by atoms with Crippen molar-refractivity contribution in [3.8, 4) is 5.75 Å². The van der Waals surface area contributed by atoms with Crippen LogP contribution < -0.4 is 10.1 Å². The highest BCUT2D eigenvalue weighted by atomic mass is 35.5. The van der Waals surface area contributed by atoms with Crippen LogP contribution >= 0.6 is 11.6 Å². The average molecular weight is 397 g/mol. The van der Waals surface area contributed by atoms with Crippen LogP contribution in [0.2, 0.25) is 5.02 Å². The number of hydrogen-bond acceptors (Lipinski definition) is 6. The van der Waals surface area contributed by atoms with Crippen LogP contribution in [0.25, 0.3) is 0 Å². The Kier molecular flexibility index (Phi) is 5.06. The van der Waals surface area contributed by atoms with E-state index in [4.69, 9.17) is 16.3 Å². The fraction of sp³-hybridized carbons (Fsp3) is 0.294. The number of sulfone groups is 1. The molecule has 0 aromatic heterocycles. The van der Waals surface area contributed by atoms with Crippen LogP contribution in [-0.2, 0) is 9.84 Å². The molecule has 1 heterocycles. The molecule has 9 heteroatoms. The first-order chi connectivity index (χ1) is 12.3. The van der Waals surface area contributed by atoms with Gasteiger partial charge in [-0.25, -0.2) is 8.42 Å². The van der Waals surface area contributed by atoms with Gasteiger partial charge in [-0.05, 0) is 37.1 Å². The van der Waals surface area contributed by atoms with Crippen LogP contribution in [0.1, 0.15) is 24.4 Å². The Morgan fingerprint density at radius 2 is 2.04 bits per heavy atom. The maximum atomic E-state index is 11.9. The Morgan fingerprint density at radius 1 is 1.27 bits per heavy atom. The first kappa shape index (κ1) is 18.5. The second-order valence-electron chi connectivity index (χ2n) is 6.08. The van der Waals surface area contributed by atoms with Crippen molar-refractivity contribution >= 4 is 32.8 Å². The second-order valence-corrected chi connectivity index (χ2v) is 8.50. The van der Waals surface area contributed by atoms with E-state index in [1.807, 2.05) is 6.07 Å². The molecule has 0 radical (unpaired) electrons. The minimum absolute atomic E-state index is 0.126. The molecule has 138 valence electrons. The Balaban J connectivity index is 1.98. The second kappa shape index (κ2) is 7.13. The molecule has 26 heavy (non-hydrogen) atoms. The lowest BCUT2D eigenvalue weighted by molar-refractivity contribution is -0.387. The molecule has 1 aliphatic heterocycles. The van der Waals surface area contributed by atoms with E-state index in [1.165, 1.54) is 18.2 Å². The smallest absolute Gasteiger partial charge is 0.288 e. The third kappa shape index (κ3) is 3.91. The Bertz CT molecular complexity index is 962. The van der Waals surface area contributed by atoms with E-state index >= 15 is 0 Å². The largest absolute Gasteiger partial charge is 0.493 e. The molecule has 1 atom stereocenters. The highest BCUT2D eigenvalue weighted by Gasteiger charge is 2.24. The fourth-order valence-corrected chi connectivity index (χ4v) is 3.97. The number of anilines is 1. The number of fused-ring (bicyclic) bond motifs is 1. The maximum absolute atomic E-state index is 11.9. The van der Waals surface area contributed by atoms with Gasteiger partial charge in [0.1, 0.15) is 10.6 Å². The van der Waals surface area contributed by atoms with Crippen LogP contribution in [-0.4, -0.2) is 26.2 Å².